The van der Waals surface area contributed by atoms with Crippen molar-refractivity contribution in [3.8, 4) is 5.82 Å². The molecule has 2 aromatic heterocycles. The van der Waals surface area contributed by atoms with E-state index in [1.807, 2.05) is 30.8 Å². The number of rotatable bonds is 6. The Morgan fingerprint density at radius 1 is 1.11 bits per heavy atom. The van der Waals surface area contributed by atoms with E-state index in [4.69, 9.17) is 26.4 Å². The highest BCUT2D eigenvalue weighted by atomic mass is 35.5. The van der Waals surface area contributed by atoms with Crippen LogP contribution < -0.4 is 4.90 Å². The van der Waals surface area contributed by atoms with Gasteiger partial charge in [0, 0.05) is 42.2 Å². The van der Waals surface area contributed by atoms with Crippen molar-refractivity contribution in [3.05, 3.63) is 40.8 Å². The monoisotopic (exact) mass is 510 g/mol. The number of fused-ring (bicyclic) bond motifs is 1. The molecule has 3 fully saturated rings. The Morgan fingerprint density at radius 3 is 2.61 bits per heavy atom. The van der Waals surface area contributed by atoms with Crippen LogP contribution in [0.1, 0.15) is 49.9 Å². The van der Waals surface area contributed by atoms with Crippen LogP contribution in [-0.4, -0.2) is 81.3 Å². The number of aliphatic hydroxyl groups is 1. The van der Waals surface area contributed by atoms with E-state index >= 15 is 0 Å². The van der Waals surface area contributed by atoms with Gasteiger partial charge in [-0.25, -0.2) is 14.6 Å². The third-order valence-corrected chi connectivity index (χ3v) is 8.39. The van der Waals surface area contributed by atoms with E-state index in [9.17, 15) is 5.11 Å². The Hall–Kier alpha value is -2.26. The first kappa shape index (κ1) is 24.1. The molecule has 3 aromatic rings. The number of hydrogen-bond donors (Lipinski definition) is 1. The van der Waals surface area contributed by atoms with Crippen LogP contribution in [0.15, 0.2) is 24.4 Å². The molecule has 5 heterocycles. The van der Waals surface area contributed by atoms with Crippen molar-refractivity contribution in [2.45, 2.75) is 57.6 Å². The molecule has 3 saturated heterocycles. The van der Waals surface area contributed by atoms with Crippen LogP contribution in [0, 0.1) is 12.8 Å². The number of aromatic nitrogens is 4. The summed E-state index contributed by atoms with van der Waals surface area (Å²) in [5.41, 5.74) is 2.24. The van der Waals surface area contributed by atoms with Gasteiger partial charge in [-0.2, -0.15) is 5.10 Å². The number of hydrogen-bond acceptors (Lipinski definition) is 7. The van der Waals surface area contributed by atoms with Crippen LogP contribution in [0.4, 0.5) is 5.82 Å². The molecule has 36 heavy (non-hydrogen) atoms. The van der Waals surface area contributed by atoms with Crippen LogP contribution in [0.2, 0.25) is 5.02 Å². The highest BCUT2D eigenvalue weighted by molar-refractivity contribution is 6.32. The standard InChI is InChI=1S/C27H35ClN6O2/c1-17(35)9-19-14-33(15-19)26-12-27(31-18(2)30-26)34-25-11-23(24(28)10-21(25)13-29-34)20-3-6-32(7-4-20)22-5-8-36-16-22/h10-13,17,19-20,22,35H,3-9,14-16H2,1-2H3. The van der Waals surface area contributed by atoms with Crippen molar-refractivity contribution in [1.82, 2.24) is 24.6 Å². The van der Waals surface area contributed by atoms with E-state index < -0.39 is 0 Å². The van der Waals surface area contributed by atoms with E-state index in [-0.39, 0.29) is 6.10 Å². The molecule has 8 nitrogen and oxygen atoms in total. The van der Waals surface area contributed by atoms with Gasteiger partial charge in [-0.15, -0.1) is 0 Å². The maximum absolute atomic E-state index is 9.68. The summed E-state index contributed by atoms with van der Waals surface area (Å²) < 4.78 is 7.52. The smallest absolute Gasteiger partial charge is 0.159 e. The van der Waals surface area contributed by atoms with Gasteiger partial charge in [0.25, 0.3) is 0 Å². The van der Waals surface area contributed by atoms with Crippen LogP contribution >= 0.6 is 11.6 Å². The van der Waals surface area contributed by atoms with Gasteiger partial charge in [0.1, 0.15) is 11.6 Å². The number of nitrogens with zero attached hydrogens (tertiary/aromatic N) is 6. The fourth-order valence-electron chi connectivity index (χ4n) is 6.14. The van der Waals surface area contributed by atoms with Gasteiger partial charge in [-0.1, -0.05) is 11.6 Å². The third-order valence-electron chi connectivity index (χ3n) is 8.06. The molecule has 2 unspecified atom stereocenters. The van der Waals surface area contributed by atoms with Gasteiger partial charge >= 0.3 is 0 Å². The third kappa shape index (κ3) is 4.72. The average molecular weight is 511 g/mol. The lowest BCUT2D eigenvalue weighted by Crippen LogP contribution is -2.48. The number of anilines is 1. The molecule has 0 spiro atoms. The normalized spacial score (nSPS) is 22.9. The zero-order chi connectivity index (χ0) is 24.8. The Bertz CT molecular complexity index is 1230. The highest BCUT2D eigenvalue weighted by Gasteiger charge is 2.31. The summed E-state index contributed by atoms with van der Waals surface area (Å²) in [6.07, 6.45) is 5.79. The molecule has 192 valence electrons. The molecule has 3 aliphatic rings. The number of ether oxygens (including phenoxy) is 1. The van der Waals surface area contributed by atoms with E-state index in [0.717, 1.165) is 98.5 Å². The highest BCUT2D eigenvalue weighted by Crippen LogP contribution is 2.37. The molecule has 0 radical (unpaired) electrons. The predicted molar refractivity (Wildman–Crippen MR) is 141 cm³/mol. The molecule has 3 aliphatic heterocycles. The number of aliphatic hydroxyl groups excluding tert-OH is 1. The van der Waals surface area contributed by atoms with Gasteiger partial charge in [-0.3, -0.25) is 4.90 Å². The number of aryl methyl sites for hydroxylation is 1. The van der Waals surface area contributed by atoms with Crippen molar-refractivity contribution in [2.24, 2.45) is 5.92 Å². The lowest BCUT2D eigenvalue weighted by Gasteiger charge is -2.40. The molecule has 1 N–H and O–H groups in total. The summed E-state index contributed by atoms with van der Waals surface area (Å²) in [4.78, 5) is 14.2. The zero-order valence-electron chi connectivity index (χ0n) is 21.1. The number of piperidine rings is 1. The summed E-state index contributed by atoms with van der Waals surface area (Å²) in [5, 5.41) is 16.2. The summed E-state index contributed by atoms with van der Waals surface area (Å²) in [5.74, 6) is 3.36. The second kappa shape index (κ2) is 9.89. The molecule has 0 aliphatic carbocycles. The fraction of sp³-hybridized carbons (Fsp3) is 0.593. The van der Waals surface area contributed by atoms with E-state index in [0.29, 0.717) is 17.9 Å². The van der Waals surface area contributed by atoms with Crippen LogP contribution in [0.3, 0.4) is 0 Å². The molecular formula is C27H35ClN6O2. The minimum Gasteiger partial charge on any atom is -0.393 e. The molecule has 9 heteroatoms. The summed E-state index contributed by atoms with van der Waals surface area (Å²) in [7, 11) is 0. The van der Waals surface area contributed by atoms with Gasteiger partial charge in [-0.05, 0) is 82.2 Å². The van der Waals surface area contributed by atoms with E-state index in [1.54, 1.807) is 0 Å². The minimum atomic E-state index is -0.264. The fourth-order valence-corrected chi connectivity index (χ4v) is 6.47. The second-order valence-electron chi connectivity index (χ2n) is 10.8. The first-order valence-electron chi connectivity index (χ1n) is 13.2. The van der Waals surface area contributed by atoms with Crippen molar-refractivity contribution in [2.75, 3.05) is 44.3 Å². The number of likely N-dealkylation sites (tertiary alicyclic amines) is 1. The first-order valence-corrected chi connectivity index (χ1v) is 13.6. The Kier molecular flexibility index (Phi) is 6.62. The largest absolute Gasteiger partial charge is 0.393 e. The van der Waals surface area contributed by atoms with Gasteiger partial charge < -0.3 is 14.7 Å². The summed E-state index contributed by atoms with van der Waals surface area (Å²) in [6, 6.07) is 6.88. The predicted octanol–water partition coefficient (Wildman–Crippen LogP) is 3.95. The van der Waals surface area contributed by atoms with Gasteiger partial charge in [0.2, 0.25) is 0 Å². The second-order valence-corrected chi connectivity index (χ2v) is 11.2. The molecule has 2 atom stereocenters. The SMILES string of the molecule is Cc1nc(N2CC(CC(C)O)C2)cc(-n2ncc3cc(Cl)c(C4CCN(C5CCOC5)CC4)cc32)n1. The van der Waals surface area contributed by atoms with E-state index in [2.05, 4.69) is 26.9 Å². The summed E-state index contributed by atoms with van der Waals surface area (Å²) in [6.45, 7) is 9.54. The molecule has 6 rings (SSSR count). The quantitative estimate of drug-likeness (QED) is 0.537. The average Bonchev–Trinajstić information content (AvgIpc) is 3.50. The first-order chi connectivity index (χ1) is 17.4. The number of halogens is 1. The number of benzene rings is 1. The Morgan fingerprint density at radius 2 is 1.89 bits per heavy atom. The molecule has 0 saturated carbocycles. The van der Waals surface area contributed by atoms with Crippen molar-refractivity contribution in [1.29, 1.82) is 0 Å². The Labute approximate surface area is 217 Å². The van der Waals surface area contributed by atoms with Crippen LogP contribution in [0.5, 0.6) is 0 Å². The molecule has 0 bridgehead atoms. The van der Waals surface area contributed by atoms with Crippen molar-refractivity contribution >= 4 is 28.3 Å². The minimum absolute atomic E-state index is 0.264. The molecule has 0 amide bonds. The lowest BCUT2D eigenvalue weighted by molar-refractivity contribution is 0.122. The van der Waals surface area contributed by atoms with Gasteiger partial charge in [0.15, 0.2) is 5.82 Å². The van der Waals surface area contributed by atoms with Crippen LogP contribution in [-0.2, 0) is 4.74 Å². The topological polar surface area (TPSA) is 79.5 Å². The van der Waals surface area contributed by atoms with Gasteiger partial charge in [0.05, 0.1) is 24.4 Å². The Balaban J connectivity index is 1.24. The van der Waals surface area contributed by atoms with Crippen molar-refractivity contribution in [3.63, 3.8) is 0 Å². The summed E-state index contributed by atoms with van der Waals surface area (Å²) >= 11 is 6.80. The maximum Gasteiger partial charge on any atom is 0.159 e. The van der Waals surface area contributed by atoms with E-state index in [1.165, 1.54) is 5.56 Å². The molecule has 1 aromatic carbocycles. The van der Waals surface area contributed by atoms with Crippen LogP contribution in [0.25, 0.3) is 16.7 Å². The zero-order valence-corrected chi connectivity index (χ0v) is 21.9. The van der Waals surface area contributed by atoms with Crippen molar-refractivity contribution < 1.29 is 9.84 Å². The maximum atomic E-state index is 9.68. The molecular weight excluding hydrogens is 476 g/mol. The lowest BCUT2D eigenvalue weighted by atomic mass is 9.88.